The lowest BCUT2D eigenvalue weighted by molar-refractivity contribution is 0.302. The predicted molar refractivity (Wildman–Crippen MR) is 103 cm³/mol. The van der Waals surface area contributed by atoms with Gasteiger partial charge in [0.25, 0.3) is 5.56 Å². The third-order valence-electron chi connectivity index (χ3n) is 3.82. The molecular formula is C18H17BrClN3O2. The average Bonchev–Trinajstić information content (AvgIpc) is 2.56. The lowest BCUT2D eigenvalue weighted by atomic mass is 10.2. The van der Waals surface area contributed by atoms with Crippen LogP contribution >= 0.6 is 27.5 Å². The van der Waals surface area contributed by atoms with E-state index in [1.54, 1.807) is 25.3 Å². The molecule has 3 aromatic rings. The molecule has 130 valence electrons. The second kappa shape index (κ2) is 7.56. The Labute approximate surface area is 158 Å². The van der Waals surface area contributed by atoms with Gasteiger partial charge in [-0.1, -0.05) is 27.5 Å². The smallest absolute Gasteiger partial charge is 0.258 e. The van der Waals surface area contributed by atoms with Crippen LogP contribution in [0.2, 0.25) is 5.02 Å². The minimum atomic E-state index is -0.184. The molecule has 0 amide bonds. The minimum Gasteiger partial charge on any atom is -0.496 e. The summed E-state index contributed by atoms with van der Waals surface area (Å²) in [7, 11) is 3.62. The molecule has 25 heavy (non-hydrogen) atoms. The number of halogens is 2. The van der Waals surface area contributed by atoms with Crippen molar-refractivity contribution >= 4 is 38.4 Å². The maximum absolute atomic E-state index is 12.2. The normalized spacial score (nSPS) is 11.2. The van der Waals surface area contributed by atoms with Gasteiger partial charge in [0, 0.05) is 21.6 Å². The highest BCUT2D eigenvalue weighted by Crippen LogP contribution is 2.24. The van der Waals surface area contributed by atoms with Crippen molar-refractivity contribution in [3.8, 4) is 5.75 Å². The van der Waals surface area contributed by atoms with Crippen molar-refractivity contribution < 1.29 is 4.74 Å². The van der Waals surface area contributed by atoms with Crippen LogP contribution in [0.4, 0.5) is 0 Å². The maximum Gasteiger partial charge on any atom is 0.258 e. The summed E-state index contributed by atoms with van der Waals surface area (Å²) >= 11 is 9.42. The predicted octanol–water partition coefficient (Wildman–Crippen LogP) is 3.98. The van der Waals surface area contributed by atoms with Crippen LogP contribution in [0.3, 0.4) is 0 Å². The summed E-state index contributed by atoms with van der Waals surface area (Å²) < 4.78 is 6.40. The number of rotatable bonds is 5. The van der Waals surface area contributed by atoms with E-state index in [4.69, 9.17) is 16.3 Å². The quantitative estimate of drug-likeness (QED) is 0.676. The van der Waals surface area contributed by atoms with Crippen LogP contribution < -0.4 is 10.3 Å². The van der Waals surface area contributed by atoms with Gasteiger partial charge in [0.05, 0.1) is 24.6 Å². The number of nitrogens with one attached hydrogen (secondary N) is 1. The van der Waals surface area contributed by atoms with E-state index in [1.165, 1.54) is 0 Å². The largest absolute Gasteiger partial charge is 0.496 e. The number of benzene rings is 2. The summed E-state index contributed by atoms with van der Waals surface area (Å²) in [6.45, 7) is 1.16. The summed E-state index contributed by atoms with van der Waals surface area (Å²) in [5, 5.41) is 1.01. The Bertz CT molecular complexity index is 974. The van der Waals surface area contributed by atoms with E-state index in [1.807, 2.05) is 25.2 Å². The lowest BCUT2D eigenvalue weighted by Gasteiger charge is -2.18. The van der Waals surface area contributed by atoms with Gasteiger partial charge in [0.1, 0.15) is 11.6 Å². The fourth-order valence-corrected chi connectivity index (χ4v) is 3.29. The van der Waals surface area contributed by atoms with E-state index < -0.39 is 0 Å². The van der Waals surface area contributed by atoms with Gasteiger partial charge in [0.15, 0.2) is 0 Å². The molecule has 1 heterocycles. The van der Waals surface area contributed by atoms with Gasteiger partial charge in [-0.25, -0.2) is 4.98 Å². The second-order valence-corrected chi connectivity index (χ2v) is 7.15. The van der Waals surface area contributed by atoms with Crippen molar-refractivity contribution in [2.24, 2.45) is 0 Å². The first kappa shape index (κ1) is 17.9. The number of aromatic amines is 1. The Balaban J connectivity index is 1.83. The van der Waals surface area contributed by atoms with E-state index >= 15 is 0 Å². The highest BCUT2D eigenvalue weighted by Gasteiger charge is 2.10. The van der Waals surface area contributed by atoms with Crippen LogP contribution in [0.15, 0.2) is 45.7 Å². The van der Waals surface area contributed by atoms with E-state index in [9.17, 15) is 4.79 Å². The molecule has 2 aromatic carbocycles. The molecule has 5 nitrogen and oxygen atoms in total. The summed E-state index contributed by atoms with van der Waals surface area (Å²) in [6, 6.07) is 11.0. The van der Waals surface area contributed by atoms with Crippen molar-refractivity contribution in [1.29, 1.82) is 0 Å². The molecule has 0 aliphatic carbocycles. The summed E-state index contributed by atoms with van der Waals surface area (Å²) in [5.41, 5.74) is 1.50. The van der Waals surface area contributed by atoms with Crippen molar-refractivity contribution in [2.75, 3.05) is 14.2 Å². The lowest BCUT2D eigenvalue weighted by Crippen LogP contribution is -2.22. The van der Waals surface area contributed by atoms with Gasteiger partial charge in [-0.3, -0.25) is 9.69 Å². The van der Waals surface area contributed by atoms with Gasteiger partial charge >= 0.3 is 0 Å². The number of hydrogen-bond donors (Lipinski definition) is 1. The molecule has 0 saturated carbocycles. The molecular weight excluding hydrogens is 406 g/mol. The summed E-state index contributed by atoms with van der Waals surface area (Å²) in [5.74, 6) is 1.43. The molecule has 0 unspecified atom stereocenters. The number of H-pyrrole nitrogens is 1. The van der Waals surface area contributed by atoms with E-state index in [-0.39, 0.29) is 5.56 Å². The highest BCUT2D eigenvalue weighted by atomic mass is 79.9. The molecule has 1 N–H and O–H groups in total. The van der Waals surface area contributed by atoms with Crippen LogP contribution in [0.5, 0.6) is 5.75 Å². The molecule has 0 spiro atoms. The molecule has 0 fully saturated rings. The van der Waals surface area contributed by atoms with Gasteiger partial charge < -0.3 is 9.72 Å². The Kier molecular flexibility index (Phi) is 5.42. The third kappa shape index (κ3) is 4.21. The molecule has 0 aliphatic heterocycles. The molecule has 0 saturated heterocycles. The Morgan fingerprint density at radius 2 is 2.04 bits per heavy atom. The van der Waals surface area contributed by atoms with Crippen LogP contribution in [-0.4, -0.2) is 29.0 Å². The number of ether oxygens (including phenoxy) is 1. The number of methoxy groups -OCH3 is 1. The minimum absolute atomic E-state index is 0.184. The Hall–Kier alpha value is -1.89. The fraction of sp³-hybridized carbons (Fsp3) is 0.222. The van der Waals surface area contributed by atoms with Gasteiger partial charge in [-0.2, -0.15) is 0 Å². The zero-order valence-electron chi connectivity index (χ0n) is 13.8. The van der Waals surface area contributed by atoms with Crippen LogP contribution in [0.1, 0.15) is 11.4 Å². The second-order valence-electron chi connectivity index (χ2n) is 5.80. The van der Waals surface area contributed by atoms with E-state index in [2.05, 4.69) is 30.8 Å². The molecule has 0 bridgehead atoms. The molecule has 1 aromatic heterocycles. The standard InChI is InChI=1S/C18H17BrClN3O2/c1-23(9-11-7-12(19)3-6-16(11)25-2)10-17-21-15-5-4-13(20)8-14(15)18(24)22-17/h3-8H,9-10H2,1-2H3,(H,21,22,24). The first-order valence-corrected chi connectivity index (χ1v) is 8.83. The molecule has 7 heteroatoms. The average molecular weight is 423 g/mol. The number of aromatic nitrogens is 2. The van der Waals surface area contributed by atoms with E-state index in [0.29, 0.717) is 34.8 Å². The fourth-order valence-electron chi connectivity index (χ4n) is 2.71. The summed E-state index contributed by atoms with van der Waals surface area (Å²) in [6.07, 6.45) is 0. The molecule has 0 aliphatic rings. The molecule has 0 atom stereocenters. The van der Waals surface area contributed by atoms with Crippen LogP contribution in [0, 0.1) is 0 Å². The number of fused-ring (bicyclic) bond motifs is 1. The number of hydrogen-bond acceptors (Lipinski definition) is 4. The van der Waals surface area contributed by atoms with Gasteiger partial charge in [-0.15, -0.1) is 0 Å². The molecule has 0 radical (unpaired) electrons. The van der Waals surface area contributed by atoms with Crippen molar-refractivity contribution in [3.05, 3.63) is 67.6 Å². The van der Waals surface area contributed by atoms with Crippen molar-refractivity contribution in [3.63, 3.8) is 0 Å². The zero-order chi connectivity index (χ0) is 18.0. The maximum atomic E-state index is 12.2. The highest BCUT2D eigenvalue weighted by molar-refractivity contribution is 9.10. The zero-order valence-corrected chi connectivity index (χ0v) is 16.2. The first-order chi connectivity index (χ1) is 12.0. The van der Waals surface area contributed by atoms with Crippen LogP contribution in [-0.2, 0) is 13.1 Å². The van der Waals surface area contributed by atoms with Gasteiger partial charge in [0.2, 0.25) is 0 Å². The summed E-state index contributed by atoms with van der Waals surface area (Å²) in [4.78, 5) is 21.6. The monoisotopic (exact) mass is 421 g/mol. The molecule has 3 rings (SSSR count). The van der Waals surface area contributed by atoms with Crippen LogP contribution in [0.25, 0.3) is 10.9 Å². The SMILES string of the molecule is COc1ccc(Br)cc1CN(C)Cc1nc2ccc(Cl)cc2c(=O)[nH]1. The van der Waals surface area contributed by atoms with Crippen molar-refractivity contribution in [1.82, 2.24) is 14.9 Å². The Morgan fingerprint density at radius 3 is 2.80 bits per heavy atom. The Morgan fingerprint density at radius 1 is 1.24 bits per heavy atom. The number of nitrogens with zero attached hydrogens (tertiary/aromatic N) is 2. The van der Waals surface area contributed by atoms with Gasteiger partial charge in [-0.05, 0) is 43.4 Å². The van der Waals surface area contributed by atoms with E-state index in [0.717, 1.165) is 15.8 Å². The topological polar surface area (TPSA) is 58.2 Å². The third-order valence-corrected chi connectivity index (χ3v) is 4.55. The van der Waals surface area contributed by atoms with Crippen molar-refractivity contribution in [2.45, 2.75) is 13.1 Å². The first-order valence-electron chi connectivity index (χ1n) is 7.65.